The summed E-state index contributed by atoms with van der Waals surface area (Å²) in [6.07, 6.45) is 0. The van der Waals surface area contributed by atoms with Gasteiger partial charge in [0, 0.05) is 43.2 Å². The van der Waals surface area contributed by atoms with Crippen LogP contribution in [0.3, 0.4) is 0 Å². The van der Waals surface area contributed by atoms with Gasteiger partial charge in [-0.15, -0.1) is 11.3 Å². The Bertz CT molecular complexity index is 3160. The molecule has 0 unspecified atom stereocenters. The van der Waals surface area contributed by atoms with E-state index in [0.29, 0.717) is 0 Å². The molecule has 0 aliphatic rings. The third-order valence-corrected chi connectivity index (χ3v) is 12.4. The van der Waals surface area contributed by atoms with Gasteiger partial charge in [0.2, 0.25) is 0 Å². The molecule has 0 fully saturated rings. The minimum absolute atomic E-state index is 1.12. The lowest BCUT2D eigenvalue weighted by atomic mass is 9.98. The number of thiophene rings is 1. The summed E-state index contributed by atoms with van der Waals surface area (Å²) in [4.78, 5) is 2.41. The highest BCUT2D eigenvalue weighted by atomic mass is 32.1. The number of nitrogens with zero attached hydrogens (tertiary/aromatic N) is 2. The van der Waals surface area contributed by atoms with Gasteiger partial charge in [-0.25, -0.2) is 0 Å². The summed E-state index contributed by atoms with van der Waals surface area (Å²) >= 11 is 1.86. The van der Waals surface area contributed by atoms with Crippen LogP contribution >= 0.6 is 11.3 Å². The van der Waals surface area contributed by atoms with Gasteiger partial charge in [0.05, 0.1) is 27.1 Å². The third kappa shape index (κ3) is 5.71. The highest BCUT2D eigenvalue weighted by Gasteiger charge is 2.19. The molecule has 2 nitrogen and oxygen atoms in total. The highest BCUT2D eigenvalue weighted by molar-refractivity contribution is 7.26. The molecule has 3 heteroatoms. The van der Waals surface area contributed by atoms with Gasteiger partial charge >= 0.3 is 0 Å². The molecule has 2 aromatic heterocycles. The lowest BCUT2D eigenvalue weighted by molar-refractivity contribution is 1.18. The average molecular weight is 745 g/mol. The van der Waals surface area contributed by atoms with Gasteiger partial charge in [0.1, 0.15) is 0 Å². The molecule has 0 atom stereocenters. The molecule has 268 valence electrons. The van der Waals surface area contributed by atoms with Gasteiger partial charge in [-0.2, -0.15) is 0 Å². The molecule has 11 aromatic rings. The summed E-state index contributed by atoms with van der Waals surface area (Å²) in [5.41, 5.74) is 14.2. The second-order valence-electron chi connectivity index (χ2n) is 14.5. The monoisotopic (exact) mass is 744 g/mol. The average Bonchev–Trinajstić information content (AvgIpc) is 3.84. The SMILES string of the molecule is c1ccc(-c2ccc(N(c3ccc(-c4ccc(-c5ccccc5-n5c6ccccc6c6ccccc65)cc4)cc3)c3cccc4c3sc3ccccc34)cc2)cc1. The molecule has 0 aliphatic heterocycles. The molecule has 11 rings (SSSR count). The fraction of sp³-hybridized carbons (Fsp3) is 0. The molecule has 0 radical (unpaired) electrons. The van der Waals surface area contributed by atoms with Crippen molar-refractivity contribution in [2.45, 2.75) is 0 Å². The maximum Gasteiger partial charge on any atom is 0.0640 e. The van der Waals surface area contributed by atoms with Crippen molar-refractivity contribution in [3.8, 4) is 39.1 Å². The largest absolute Gasteiger partial charge is 0.309 e. The summed E-state index contributed by atoms with van der Waals surface area (Å²) < 4.78 is 5.00. The van der Waals surface area contributed by atoms with Crippen LogP contribution in [0.1, 0.15) is 0 Å². The standard InChI is InChI=1S/C54H36N2S/c1-2-13-37(14-3-1)39-29-33-42(34-30-39)55(52-23-12-19-48-47-18-7-11-24-53(47)57-54(48)52)43-35-31-40(32-36-43)38-25-27-41(28-26-38)44-15-4-8-20-49(44)56-50-21-9-5-16-45(50)46-17-6-10-22-51(46)56/h1-36H. The summed E-state index contributed by atoms with van der Waals surface area (Å²) in [5.74, 6) is 0. The number of aromatic nitrogens is 1. The second kappa shape index (κ2) is 13.8. The first kappa shape index (κ1) is 33.2. The molecular formula is C54H36N2S. The predicted octanol–water partition coefficient (Wildman–Crippen LogP) is 15.6. The molecule has 0 N–H and O–H groups in total. The van der Waals surface area contributed by atoms with Crippen molar-refractivity contribution in [1.29, 1.82) is 0 Å². The zero-order valence-electron chi connectivity index (χ0n) is 31.1. The van der Waals surface area contributed by atoms with Gasteiger partial charge in [-0.3, -0.25) is 0 Å². The Hall–Kier alpha value is -7.20. The summed E-state index contributed by atoms with van der Waals surface area (Å²) in [6.45, 7) is 0. The lowest BCUT2D eigenvalue weighted by Crippen LogP contribution is -2.10. The molecule has 0 bridgehead atoms. The normalized spacial score (nSPS) is 11.5. The molecule has 9 aromatic carbocycles. The van der Waals surface area contributed by atoms with Crippen LogP contribution in [0.5, 0.6) is 0 Å². The maximum atomic E-state index is 2.41. The van der Waals surface area contributed by atoms with E-state index in [-0.39, 0.29) is 0 Å². The first-order valence-corrected chi connectivity index (χ1v) is 20.2. The van der Waals surface area contributed by atoms with Crippen molar-refractivity contribution in [3.63, 3.8) is 0 Å². The van der Waals surface area contributed by atoms with Gasteiger partial charge in [-0.1, -0.05) is 164 Å². The van der Waals surface area contributed by atoms with E-state index in [4.69, 9.17) is 0 Å². The van der Waals surface area contributed by atoms with Crippen molar-refractivity contribution in [2.75, 3.05) is 4.90 Å². The highest BCUT2D eigenvalue weighted by Crippen LogP contribution is 2.45. The number of benzene rings is 9. The van der Waals surface area contributed by atoms with Crippen LogP contribution in [-0.4, -0.2) is 4.57 Å². The lowest BCUT2D eigenvalue weighted by Gasteiger charge is -2.26. The summed E-state index contributed by atoms with van der Waals surface area (Å²) in [5, 5.41) is 5.13. The Kier molecular flexibility index (Phi) is 8.04. The maximum absolute atomic E-state index is 2.41. The van der Waals surface area contributed by atoms with E-state index in [2.05, 4.69) is 228 Å². The summed E-state index contributed by atoms with van der Waals surface area (Å²) in [6, 6.07) is 79.2. The zero-order chi connectivity index (χ0) is 37.7. The molecule has 2 heterocycles. The first-order valence-electron chi connectivity index (χ1n) is 19.4. The Morgan fingerprint density at radius 3 is 1.46 bits per heavy atom. The Morgan fingerprint density at radius 2 is 0.807 bits per heavy atom. The van der Waals surface area contributed by atoms with Crippen LogP contribution in [0.15, 0.2) is 218 Å². The van der Waals surface area contributed by atoms with Crippen molar-refractivity contribution in [3.05, 3.63) is 218 Å². The van der Waals surface area contributed by atoms with E-state index in [1.54, 1.807) is 0 Å². The van der Waals surface area contributed by atoms with Crippen LogP contribution in [0.4, 0.5) is 17.1 Å². The number of anilines is 3. The molecular weight excluding hydrogens is 709 g/mol. The van der Waals surface area contributed by atoms with Crippen molar-refractivity contribution in [2.24, 2.45) is 0 Å². The molecule has 57 heavy (non-hydrogen) atoms. The quantitative estimate of drug-likeness (QED) is 0.158. The molecule has 0 saturated carbocycles. The van der Waals surface area contributed by atoms with Gasteiger partial charge in [-0.05, 0) is 82.4 Å². The molecule has 0 aliphatic carbocycles. The fourth-order valence-electron chi connectivity index (χ4n) is 8.51. The smallest absolute Gasteiger partial charge is 0.0640 e. The number of hydrogen-bond acceptors (Lipinski definition) is 2. The van der Waals surface area contributed by atoms with E-state index in [0.717, 1.165) is 11.4 Å². The number of para-hydroxylation sites is 3. The predicted molar refractivity (Wildman–Crippen MR) is 245 cm³/mol. The fourth-order valence-corrected chi connectivity index (χ4v) is 9.72. The van der Waals surface area contributed by atoms with Gasteiger partial charge in [0.25, 0.3) is 0 Å². The van der Waals surface area contributed by atoms with E-state index in [9.17, 15) is 0 Å². The van der Waals surface area contributed by atoms with Crippen molar-refractivity contribution >= 4 is 70.4 Å². The first-order chi connectivity index (χ1) is 28.3. The van der Waals surface area contributed by atoms with E-state index < -0.39 is 0 Å². The Balaban J connectivity index is 0.966. The number of rotatable bonds is 7. The molecule has 0 amide bonds. The van der Waals surface area contributed by atoms with Crippen LogP contribution in [0, 0.1) is 0 Å². The van der Waals surface area contributed by atoms with Crippen LogP contribution in [0.25, 0.3) is 81.0 Å². The van der Waals surface area contributed by atoms with Crippen LogP contribution < -0.4 is 4.90 Å². The van der Waals surface area contributed by atoms with Crippen molar-refractivity contribution in [1.82, 2.24) is 4.57 Å². The molecule has 0 saturated heterocycles. The second-order valence-corrected chi connectivity index (χ2v) is 15.6. The Labute approximate surface area is 335 Å². The summed E-state index contributed by atoms with van der Waals surface area (Å²) in [7, 11) is 0. The minimum atomic E-state index is 1.12. The van der Waals surface area contributed by atoms with E-state index in [1.165, 1.54) is 86.7 Å². The molecule has 0 spiro atoms. The minimum Gasteiger partial charge on any atom is -0.309 e. The zero-order valence-corrected chi connectivity index (χ0v) is 31.9. The van der Waals surface area contributed by atoms with Crippen LogP contribution in [-0.2, 0) is 0 Å². The van der Waals surface area contributed by atoms with Gasteiger partial charge in [0.15, 0.2) is 0 Å². The van der Waals surface area contributed by atoms with Gasteiger partial charge < -0.3 is 9.47 Å². The van der Waals surface area contributed by atoms with E-state index in [1.807, 2.05) is 11.3 Å². The number of fused-ring (bicyclic) bond motifs is 6. The number of hydrogen-bond donors (Lipinski definition) is 0. The third-order valence-electron chi connectivity index (χ3n) is 11.2. The topological polar surface area (TPSA) is 8.17 Å². The van der Waals surface area contributed by atoms with Crippen LogP contribution in [0.2, 0.25) is 0 Å². The van der Waals surface area contributed by atoms with E-state index >= 15 is 0 Å². The Morgan fingerprint density at radius 1 is 0.333 bits per heavy atom. The van der Waals surface area contributed by atoms with Crippen molar-refractivity contribution < 1.29 is 0 Å².